The number of para-hydroxylation sites is 4. The quantitative estimate of drug-likeness (QED) is 0.293. The zero-order chi connectivity index (χ0) is 23.5. The minimum absolute atomic E-state index is 0.738. The molecule has 176 valence electrons. The van der Waals surface area contributed by atoms with Crippen LogP contribution in [0.3, 0.4) is 0 Å². The minimum Gasteiger partial charge on any atom is -0.319 e. The first-order valence-corrected chi connectivity index (χ1v) is 12.6. The van der Waals surface area contributed by atoms with Gasteiger partial charge in [-0.1, -0.05) is 61.0 Å². The molecule has 3 aromatic carbocycles. The third kappa shape index (κ3) is 4.62. The third-order valence-electron chi connectivity index (χ3n) is 6.89. The Hall–Kier alpha value is -3.77. The van der Waals surface area contributed by atoms with Crippen LogP contribution < -0.4 is 0 Å². The van der Waals surface area contributed by atoms with Crippen molar-refractivity contribution >= 4 is 34.2 Å². The molecule has 0 radical (unpaired) electrons. The van der Waals surface area contributed by atoms with Crippen LogP contribution in [0.4, 0.5) is 5.95 Å². The first kappa shape index (κ1) is 21.7. The second-order valence-corrected chi connectivity index (χ2v) is 9.24. The van der Waals surface area contributed by atoms with Gasteiger partial charge in [-0.15, -0.1) is 0 Å². The number of piperidine rings is 1. The Morgan fingerprint density at radius 3 is 2.11 bits per heavy atom. The highest BCUT2D eigenvalue weighted by molar-refractivity contribution is 5.87. The van der Waals surface area contributed by atoms with Gasteiger partial charge < -0.3 is 14.0 Å². The monoisotopic (exact) mass is 462 g/mol. The number of benzene rings is 3. The van der Waals surface area contributed by atoms with E-state index in [1.807, 2.05) is 24.4 Å². The van der Waals surface area contributed by atoms with E-state index in [1.54, 1.807) is 0 Å². The topological polar surface area (TPSA) is 51.2 Å². The van der Waals surface area contributed by atoms with Gasteiger partial charge in [0.2, 0.25) is 5.95 Å². The highest BCUT2D eigenvalue weighted by atomic mass is 15.2. The van der Waals surface area contributed by atoms with Gasteiger partial charge in [0.1, 0.15) is 0 Å². The van der Waals surface area contributed by atoms with Crippen LogP contribution in [0.25, 0.3) is 22.1 Å². The van der Waals surface area contributed by atoms with Crippen LogP contribution >= 0.6 is 0 Å². The Kier molecular flexibility index (Phi) is 6.11. The molecule has 2 aromatic heterocycles. The van der Waals surface area contributed by atoms with Gasteiger partial charge in [0, 0.05) is 19.6 Å². The van der Waals surface area contributed by atoms with E-state index in [1.165, 1.54) is 37.9 Å². The molecule has 6 rings (SSSR count). The van der Waals surface area contributed by atoms with Crippen LogP contribution in [-0.4, -0.2) is 49.9 Å². The van der Waals surface area contributed by atoms with E-state index in [-0.39, 0.29) is 0 Å². The number of aromatic nitrogens is 4. The number of aliphatic imine (C=N–C) groups is 1. The van der Waals surface area contributed by atoms with Gasteiger partial charge in [-0.25, -0.2) is 15.0 Å². The molecule has 1 saturated heterocycles. The van der Waals surface area contributed by atoms with Crippen molar-refractivity contribution in [2.75, 3.05) is 19.6 Å². The fraction of sp³-hybridized carbons (Fsp3) is 0.276. The number of hydrogen-bond donors (Lipinski definition) is 0. The lowest BCUT2D eigenvalue weighted by molar-refractivity contribution is 0.222. The summed E-state index contributed by atoms with van der Waals surface area (Å²) >= 11 is 0. The van der Waals surface area contributed by atoms with E-state index < -0.39 is 0 Å². The normalized spacial score (nSPS) is 15.0. The van der Waals surface area contributed by atoms with Crippen LogP contribution in [0.1, 0.15) is 30.7 Å². The maximum atomic E-state index is 4.90. The molecule has 0 aliphatic carbocycles. The summed E-state index contributed by atoms with van der Waals surface area (Å²) in [5.41, 5.74) is 5.43. The van der Waals surface area contributed by atoms with Crippen molar-refractivity contribution in [2.24, 2.45) is 4.99 Å². The Morgan fingerprint density at radius 2 is 1.34 bits per heavy atom. The van der Waals surface area contributed by atoms with E-state index >= 15 is 0 Å². The summed E-state index contributed by atoms with van der Waals surface area (Å²) in [4.78, 5) is 17.2. The molecular formula is C29H30N6. The molecule has 6 nitrogen and oxygen atoms in total. The van der Waals surface area contributed by atoms with Gasteiger partial charge >= 0.3 is 0 Å². The highest BCUT2D eigenvalue weighted by Crippen LogP contribution is 2.23. The fourth-order valence-corrected chi connectivity index (χ4v) is 5.05. The smallest absolute Gasteiger partial charge is 0.230 e. The van der Waals surface area contributed by atoms with Crippen molar-refractivity contribution in [3.8, 4) is 0 Å². The van der Waals surface area contributed by atoms with E-state index in [0.29, 0.717) is 0 Å². The van der Waals surface area contributed by atoms with Crippen LogP contribution in [-0.2, 0) is 13.1 Å². The van der Waals surface area contributed by atoms with E-state index in [2.05, 4.69) is 74.7 Å². The van der Waals surface area contributed by atoms with Gasteiger partial charge in [-0.3, -0.25) is 0 Å². The lowest BCUT2D eigenvalue weighted by Gasteiger charge is -2.26. The van der Waals surface area contributed by atoms with E-state index in [0.717, 1.165) is 53.5 Å². The summed E-state index contributed by atoms with van der Waals surface area (Å²) in [6.07, 6.45) is 5.83. The Labute approximate surface area is 205 Å². The van der Waals surface area contributed by atoms with Crippen LogP contribution in [0.15, 0.2) is 83.9 Å². The molecule has 0 bridgehead atoms. The lowest BCUT2D eigenvalue weighted by atomic mass is 10.1. The zero-order valence-electron chi connectivity index (χ0n) is 19.9. The van der Waals surface area contributed by atoms with Gasteiger partial charge in [-0.05, 0) is 55.8 Å². The molecule has 3 heterocycles. The molecular weight excluding hydrogens is 432 g/mol. The second-order valence-electron chi connectivity index (χ2n) is 9.24. The fourth-order valence-electron chi connectivity index (χ4n) is 5.05. The summed E-state index contributed by atoms with van der Waals surface area (Å²) in [6.45, 7) is 5.03. The summed E-state index contributed by atoms with van der Waals surface area (Å²) < 4.78 is 4.49. The largest absolute Gasteiger partial charge is 0.319 e. The molecule has 0 spiro atoms. The highest BCUT2D eigenvalue weighted by Gasteiger charge is 2.15. The third-order valence-corrected chi connectivity index (χ3v) is 6.89. The Balaban J connectivity index is 1.35. The summed E-state index contributed by atoms with van der Waals surface area (Å²) in [7, 11) is 0. The second kappa shape index (κ2) is 9.84. The first-order chi connectivity index (χ1) is 17.3. The number of imidazole rings is 2. The molecule has 1 aliphatic rings. The molecule has 0 amide bonds. The Morgan fingerprint density at radius 1 is 0.686 bits per heavy atom. The predicted octanol–water partition coefficient (Wildman–Crippen LogP) is 5.67. The standard InChI is InChI=1S/C29H30N6/c1-3-11-23(12-4-1)22-35-27-16-8-5-13-24(27)31-28(35)21-30-29-32-25-14-6-7-15-26(25)34(29)20-19-33-17-9-2-10-18-33/h1,3-8,11-16,21H,2,9-10,17-20,22H2. The summed E-state index contributed by atoms with van der Waals surface area (Å²) in [6, 6.07) is 27.1. The molecule has 5 aromatic rings. The van der Waals surface area contributed by atoms with Crippen molar-refractivity contribution in [1.82, 2.24) is 24.0 Å². The molecule has 0 unspecified atom stereocenters. The number of rotatable bonds is 7. The number of fused-ring (bicyclic) bond motifs is 2. The number of hydrogen-bond acceptors (Lipinski definition) is 4. The van der Waals surface area contributed by atoms with Crippen LogP contribution in [0, 0.1) is 0 Å². The number of nitrogens with zero attached hydrogens (tertiary/aromatic N) is 6. The van der Waals surface area contributed by atoms with E-state index in [4.69, 9.17) is 15.0 Å². The van der Waals surface area contributed by atoms with Crippen molar-refractivity contribution < 1.29 is 0 Å². The summed E-state index contributed by atoms with van der Waals surface area (Å²) in [5.74, 6) is 1.58. The van der Waals surface area contributed by atoms with Crippen molar-refractivity contribution in [3.63, 3.8) is 0 Å². The average molecular weight is 463 g/mol. The SMILES string of the molecule is C(=Nc1nc2ccccc2n1CCN1CCCCC1)c1nc2ccccc2n1Cc1ccccc1. The predicted molar refractivity (Wildman–Crippen MR) is 143 cm³/mol. The van der Waals surface area contributed by atoms with Crippen molar-refractivity contribution in [2.45, 2.75) is 32.4 Å². The molecule has 0 saturated carbocycles. The van der Waals surface area contributed by atoms with Gasteiger partial charge in [0.25, 0.3) is 0 Å². The molecule has 0 atom stereocenters. The molecule has 0 N–H and O–H groups in total. The van der Waals surface area contributed by atoms with Gasteiger partial charge in [0.05, 0.1) is 28.3 Å². The number of likely N-dealkylation sites (tertiary alicyclic amines) is 1. The van der Waals surface area contributed by atoms with Gasteiger partial charge in [-0.2, -0.15) is 0 Å². The van der Waals surface area contributed by atoms with E-state index in [9.17, 15) is 0 Å². The van der Waals surface area contributed by atoms with Crippen LogP contribution in [0.2, 0.25) is 0 Å². The lowest BCUT2D eigenvalue weighted by Crippen LogP contribution is -2.32. The molecule has 1 fully saturated rings. The first-order valence-electron chi connectivity index (χ1n) is 12.6. The molecule has 1 aliphatic heterocycles. The minimum atomic E-state index is 0.738. The summed E-state index contributed by atoms with van der Waals surface area (Å²) in [5, 5.41) is 0. The Bertz CT molecular complexity index is 1460. The van der Waals surface area contributed by atoms with Gasteiger partial charge in [0.15, 0.2) is 5.82 Å². The molecule has 35 heavy (non-hydrogen) atoms. The van der Waals surface area contributed by atoms with Crippen molar-refractivity contribution in [3.05, 3.63) is 90.3 Å². The van der Waals surface area contributed by atoms with Crippen LogP contribution in [0.5, 0.6) is 0 Å². The maximum absolute atomic E-state index is 4.90. The molecule has 6 heteroatoms. The maximum Gasteiger partial charge on any atom is 0.230 e. The zero-order valence-corrected chi connectivity index (χ0v) is 19.9. The van der Waals surface area contributed by atoms with Crippen molar-refractivity contribution in [1.29, 1.82) is 0 Å². The average Bonchev–Trinajstić information content (AvgIpc) is 3.45.